The Morgan fingerprint density at radius 1 is 0.475 bits per heavy atom. The number of carbonyl (C=O) groups excluding carboxylic acids is 2. The lowest BCUT2D eigenvalue weighted by molar-refractivity contribution is 0.0806. The van der Waals surface area contributed by atoms with Crippen LogP contribution in [0.25, 0.3) is 0 Å². The van der Waals surface area contributed by atoms with E-state index in [2.05, 4.69) is 0 Å². The van der Waals surface area contributed by atoms with E-state index in [4.69, 9.17) is 9.47 Å². The fraction of sp³-hybridized carbons (Fsp3) is 0.111. The van der Waals surface area contributed by atoms with Gasteiger partial charge in [-0.05, 0) is 35.2 Å². The lowest BCUT2D eigenvalue weighted by atomic mass is 9.85. The molecule has 5 rings (SSSR count). The summed E-state index contributed by atoms with van der Waals surface area (Å²) in [5.74, 6) is -0.0882. The average Bonchev–Trinajstić information content (AvgIpc) is 3.03. The van der Waals surface area contributed by atoms with Gasteiger partial charge in [0.1, 0.15) is 24.7 Å². The molecule has 0 amide bonds. The molecular weight excluding hydrogens is 496 g/mol. The summed E-state index contributed by atoms with van der Waals surface area (Å²) in [5.41, 5.74) is 3.88. The number of benzene rings is 5. The van der Waals surface area contributed by atoms with Crippen molar-refractivity contribution >= 4 is 11.6 Å². The van der Waals surface area contributed by atoms with E-state index < -0.39 is 5.92 Å². The van der Waals surface area contributed by atoms with Crippen LogP contribution < -0.4 is 9.47 Å². The summed E-state index contributed by atoms with van der Waals surface area (Å²) in [6.07, 6.45) is 0.214. The first kappa shape index (κ1) is 26.6. The van der Waals surface area contributed by atoms with Gasteiger partial charge in [0.25, 0.3) is 0 Å². The van der Waals surface area contributed by atoms with Crippen LogP contribution in [0.2, 0.25) is 0 Å². The Labute approximate surface area is 234 Å². The average molecular weight is 527 g/mol. The summed E-state index contributed by atoms with van der Waals surface area (Å²) in [4.78, 5) is 27.3. The van der Waals surface area contributed by atoms with Crippen LogP contribution in [0.1, 0.15) is 37.4 Å². The van der Waals surface area contributed by atoms with Gasteiger partial charge in [0.2, 0.25) is 0 Å². The monoisotopic (exact) mass is 526 g/mol. The van der Waals surface area contributed by atoms with Crippen molar-refractivity contribution in [3.8, 4) is 11.5 Å². The minimum Gasteiger partial charge on any atom is -0.489 e. The van der Waals surface area contributed by atoms with Crippen molar-refractivity contribution in [3.63, 3.8) is 0 Å². The Hall–Kier alpha value is -4.96. The molecule has 0 aromatic heterocycles. The molecule has 40 heavy (non-hydrogen) atoms. The summed E-state index contributed by atoms with van der Waals surface area (Å²) < 4.78 is 12.3. The molecule has 0 aliphatic rings. The number of Topliss-reactive ketones (excluding diaryl/α,β-unsaturated/α-hetero) is 2. The van der Waals surface area contributed by atoms with E-state index in [0.717, 1.165) is 16.7 Å². The van der Waals surface area contributed by atoms with Crippen molar-refractivity contribution in [1.29, 1.82) is 0 Å². The van der Waals surface area contributed by atoms with Gasteiger partial charge in [0.05, 0.1) is 5.92 Å². The summed E-state index contributed by atoms with van der Waals surface area (Å²) in [6, 6.07) is 43.4. The van der Waals surface area contributed by atoms with E-state index in [0.29, 0.717) is 35.8 Å². The molecule has 198 valence electrons. The van der Waals surface area contributed by atoms with E-state index in [9.17, 15) is 9.59 Å². The second-order valence-corrected chi connectivity index (χ2v) is 9.58. The highest BCUT2D eigenvalue weighted by atomic mass is 16.5. The van der Waals surface area contributed by atoms with Crippen molar-refractivity contribution in [3.05, 3.63) is 167 Å². The van der Waals surface area contributed by atoms with Crippen LogP contribution in [0.4, 0.5) is 0 Å². The second kappa shape index (κ2) is 13.2. The number of hydrogen-bond donors (Lipinski definition) is 0. The van der Waals surface area contributed by atoms with Gasteiger partial charge in [0.15, 0.2) is 11.6 Å². The number of ketones is 2. The molecule has 4 nitrogen and oxygen atoms in total. The molecule has 0 spiro atoms. The Kier molecular flexibility index (Phi) is 8.80. The molecule has 4 heteroatoms. The van der Waals surface area contributed by atoms with Crippen molar-refractivity contribution in [1.82, 2.24) is 0 Å². The normalized spacial score (nSPS) is 10.7. The van der Waals surface area contributed by atoms with Gasteiger partial charge in [-0.15, -0.1) is 0 Å². The highest BCUT2D eigenvalue weighted by Gasteiger charge is 2.29. The Balaban J connectivity index is 1.45. The summed E-state index contributed by atoms with van der Waals surface area (Å²) in [7, 11) is 0. The zero-order valence-electron chi connectivity index (χ0n) is 22.1. The first-order valence-electron chi connectivity index (χ1n) is 13.3. The molecule has 0 atom stereocenters. The molecule has 0 N–H and O–H groups in total. The predicted octanol–water partition coefficient (Wildman–Crippen LogP) is 7.77. The number of carbonyl (C=O) groups is 2. The molecular formula is C36H30O4. The standard InChI is InChI=1S/C36H30O4/c37-35(30-17-9-3-10-18-30)34(36(38)31-19-11-4-12-20-31)23-29-21-32(39-25-27-13-5-1-6-14-27)24-33(22-29)40-26-28-15-7-2-8-16-28/h1-22,24,34H,23,25-26H2. The van der Waals surface area contributed by atoms with Gasteiger partial charge >= 0.3 is 0 Å². The number of hydrogen-bond acceptors (Lipinski definition) is 4. The minimum atomic E-state index is -0.892. The summed E-state index contributed by atoms with van der Waals surface area (Å²) >= 11 is 0. The highest BCUT2D eigenvalue weighted by molar-refractivity contribution is 6.16. The largest absolute Gasteiger partial charge is 0.489 e. The second-order valence-electron chi connectivity index (χ2n) is 9.58. The van der Waals surface area contributed by atoms with Gasteiger partial charge in [-0.2, -0.15) is 0 Å². The topological polar surface area (TPSA) is 52.6 Å². The molecule has 5 aromatic carbocycles. The first-order valence-corrected chi connectivity index (χ1v) is 13.3. The lowest BCUT2D eigenvalue weighted by Gasteiger charge is -2.18. The van der Waals surface area contributed by atoms with Gasteiger partial charge < -0.3 is 9.47 Å². The Bertz CT molecular complexity index is 1420. The predicted molar refractivity (Wildman–Crippen MR) is 157 cm³/mol. The number of ether oxygens (including phenoxy) is 2. The van der Waals surface area contributed by atoms with Gasteiger partial charge in [-0.1, -0.05) is 121 Å². The van der Waals surface area contributed by atoms with E-state index in [-0.39, 0.29) is 18.0 Å². The van der Waals surface area contributed by atoms with E-state index in [1.54, 1.807) is 24.3 Å². The number of rotatable bonds is 12. The van der Waals surface area contributed by atoms with Crippen LogP contribution in [0, 0.1) is 5.92 Å². The van der Waals surface area contributed by atoms with Gasteiger partial charge in [0, 0.05) is 17.2 Å². The quantitative estimate of drug-likeness (QED) is 0.123. The Morgan fingerprint density at radius 3 is 1.25 bits per heavy atom. The minimum absolute atomic E-state index is 0.211. The molecule has 0 aliphatic heterocycles. The van der Waals surface area contributed by atoms with Crippen LogP contribution in [0.5, 0.6) is 11.5 Å². The molecule has 0 bridgehead atoms. The molecule has 0 fully saturated rings. The molecule has 0 heterocycles. The van der Waals surface area contributed by atoms with Crippen LogP contribution in [-0.2, 0) is 19.6 Å². The smallest absolute Gasteiger partial charge is 0.174 e. The van der Waals surface area contributed by atoms with Crippen molar-refractivity contribution in [2.45, 2.75) is 19.6 Å². The summed E-state index contributed by atoms with van der Waals surface area (Å²) in [5, 5.41) is 0. The highest BCUT2D eigenvalue weighted by Crippen LogP contribution is 2.28. The molecule has 0 radical (unpaired) electrons. The zero-order valence-corrected chi connectivity index (χ0v) is 22.1. The van der Waals surface area contributed by atoms with E-state index >= 15 is 0 Å². The SMILES string of the molecule is O=C(c1ccccc1)C(Cc1cc(OCc2ccccc2)cc(OCc2ccccc2)c1)C(=O)c1ccccc1. The lowest BCUT2D eigenvalue weighted by Crippen LogP contribution is -2.26. The van der Waals surface area contributed by atoms with Crippen LogP contribution in [0.3, 0.4) is 0 Å². The fourth-order valence-corrected chi connectivity index (χ4v) is 4.54. The molecule has 0 aliphatic carbocycles. The van der Waals surface area contributed by atoms with Crippen LogP contribution >= 0.6 is 0 Å². The van der Waals surface area contributed by atoms with Crippen LogP contribution in [0.15, 0.2) is 140 Å². The third-order valence-electron chi connectivity index (χ3n) is 6.63. The van der Waals surface area contributed by atoms with Crippen molar-refractivity contribution in [2.24, 2.45) is 5.92 Å². The first-order chi connectivity index (χ1) is 19.7. The maximum absolute atomic E-state index is 13.7. The Morgan fingerprint density at radius 2 is 0.850 bits per heavy atom. The third-order valence-corrected chi connectivity index (χ3v) is 6.63. The van der Waals surface area contributed by atoms with E-state index in [1.165, 1.54) is 0 Å². The maximum Gasteiger partial charge on any atom is 0.174 e. The van der Waals surface area contributed by atoms with Crippen molar-refractivity contribution < 1.29 is 19.1 Å². The van der Waals surface area contributed by atoms with E-state index in [1.807, 2.05) is 115 Å². The van der Waals surface area contributed by atoms with Crippen molar-refractivity contribution in [2.75, 3.05) is 0 Å². The maximum atomic E-state index is 13.7. The molecule has 0 unspecified atom stereocenters. The third kappa shape index (κ3) is 7.12. The molecule has 0 saturated carbocycles. The fourth-order valence-electron chi connectivity index (χ4n) is 4.54. The molecule has 5 aromatic rings. The summed E-state index contributed by atoms with van der Waals surface area (Å²) in [6.45, 7) is 0.773. The zero-order chi connectivity index (χ0) is 27.6. The van der Waals surface area contributed by atoms with Gasteiger partial charge in [-0.25, -0.2) is 0 Å². The molecule has 0 saturated heterocycles. The van der Waals surface area contributed by atoms with Crippen LogP contribution in [-0.4, -0.2) is 11.6 Å². The van der Waals surface area contributed by atoms with Gasteiger partial charge in [-0.3, -0.25) is 9.59 Å².